The lowest BCUT2D eigenvalue weighted by Gasteiger charge is -2.31. The van der Waals surface area contributed by atoms with Crippen LogP contribution in [-0.4, -0.2) is 68.5 Å². The van der Waals surface area contributed by atoms with E-state index in [0.29, 0.717) is 35.8 Å². The minimum atomic E-state index is -0.351. The van der Waals surface area contributed by atoms with Crippen LogP contribution in [0.3, 0.4) is 0 Å². The first kappa shape index (κ1) is 33.1. The van der Waals surface area contributed by atoms with Crippen molar-refractivity contribution in [1.29, 1.82) is 0 Å². The number of aliphatic hydroxyl groups is 1. The molecule has 0 atom stereocenters. The van der Waals surface area contributed by atoms with E-state index in [4.69, 9.17) is 14.6 Å². The quantitative estimate of drug-likeness (QED) is 0.142. The maximum absolute atomic E-state index is 12.9. The van der Waals surface area contributed by atoms with Crippen molar-refractivity contribution in [3.05, 3.63) is 59.7 Å². The third-order valence-electron chi connectivity index (χ3n) is 6.91. The highest BCUT2D eigenvalue weighted by atomic mass is 16.5. The fourth-order valence-corrected chi connectivity index (χ4v) is 3.89. The van der Waals surface area contributed by atoms with Crippen LogP contribution in [0, 0.1) is 0 Å². The molecule has 2 aromatic carbocycles. The number of unbranched alkanes of at least 4 members (excludes halogenated alkanes) is 6. The number of esters is 1. The first-order chi connectivity index (χ1) is 18.4. The van der Waals surface area contributed by atoms with E-state index in [1.54, 1.807) is 30.3 Å². The van der Waals surface area contributed by atoms with Gasteiger partial charge in [-0.3, -0.25) is 4.79 Å². The van der Waals surface area contributed by atoms with Gasteiger partial charge in [0.05, 0.1) is 37.9 Å². The summed E-state index contributed by atoms with van der Waals surface area (Å²) in [6, 6.07) is 14.1. The number of likely N-dealkylation sites (N-methyl/N-ethyl adjacent to an activating group) is 1. The first-order valence-electron chi connectivity index (χ1n) is 14.0. The molecule has 0 aliphatic carbocycles. The van der Waals surface area contributed by atoms with Crippen molar-refractivity contribution in [3.63, 3.8) is 0 Å². The van der Waals surface area contributed by atoms with Crippen LogP contribution in [0.4, 0.5) is 5.69 Å². The Hall–Kier alpha value is -2.90. The Morgan fingerprint density at radius 2 is 1.42 bits per heavy atom. The molecule has 0 aliphatic heterocycles. The molecule has 0 radical (unpaired) electrons. The Labute approximate surface area is 229 Å². The average molecular weight is 530 g/mol. The van der Waals surface area contributed by atoms with E-state index in [2.05, 4.69) is 33.1 Å². The number of nitrogens with zero attached hydrogens (tertiary/aromatic N) is 1. The SMILES string of the molecule is CCCCCCCCCOc1ccccc1C(=O)Nc1ccc(C(=O)OCC[N+](C)(CC)CC)cc1.CO. The summed E-state index contributed by atoms with van der Waals surface area (Å²) in [5.41, 5.74) is 1.57. The van der Waals surface area contributed by atoms with Gasteiger partial charge in [0.25, 0.3) is 5.91 Å². The standard InChI is InChI=1S/C30H44N2O4.CH4O/c1-5-8-9-10-11-12-15-23-35-28-17-14-13-16-27(28)29(33)31-26-20-18-25(19-21-26)30(34)36-24-22-32(4,6-2)7-3;1-2/h13-14,16-21H,5-12,15,22-24H2,1-4H3;2H,1H3/p+1. The van der Waals surface area contributed by atoms with E-state index >= 15 is 0 Å². The van der Waals surface area contributed by atoms with E-state index in [1.807, 2.05) is 18.2 Å². The van der Waals surface area contributed by atoms with Crippen LogP contribution >= 0.6 is 0 Å². The fraction of sp³-hybridized carbons (Fsp3) is 0.548. The van der Waals surface area contributed by atoms with E-state index in [1.165, 1.54) is 32.1 Å². The number of quaternary nitrogens is 1. The molecule has 0 fully saturated rings. The van der Waals surface area contributed by atoms with E-state index in [-0.39, 0.29) is 11.9 Å². The molecule has 1 amide bonds. The summed E-state index contributed by atoms with van der Waals surface area (Å²) in [5.74, 6) is -0.00170. The zero-order chi connectivity index (χ0) is 28.2. The second kappa shape index (κ2) is 19.2. The number of rotatable bonds is 17. The van der Waals surface area contributed by atoms with Crippen LogP contribution in [0.1, 0.15) is 86.4 Å². The molecule has 38 heavy (non-hydrogen) atoms. The maximum Gasteiger partial charge on any atom is 0.338 e. The van der Waals surface area contributed by atoms with Crippen LogP contribution in [-0.2, 0) is 4.74 Å². The van der Waals surface area contributed by atoms with Gasteiger partial charge < -0.3 is 24.4 Å². The molecule has 0 heterocycles. The molecule has 0 unspecified atom stereocenters. The highest BCUT2D eigenvalue weighted by molar-refractivity contribution is 6.06. The molecule has 0 aliphatic rings. The van der Waals surface area contributed by atoms with E-state index in [9.17, 15) is 9.59 Å². The van der Waals surface area contributed by atoms with Gasteiger partial charge in [0.2, 0.25) is 0 Å². The Balaban J connectivity index is 0.00000352. The van der Waals surface area contributed by atoms with Gasteiger partial charge in [0.15, 0.2) is 0 Å². The van der Waals surface area contributed by atoms with Crippen molar-refractivity contribution in [1.82, 2.24) is 0 Å². The molecule has 7 nitrogen and oxygen atoms in total. The number of para-hydroxylation sites is 1. The smallest absolute Gasteiger partial charge is 0.338 e. The van der Waals surface area contributed by atoms with Gasteiger partial charge >= 0.3 is 5.97 Å². The summed E-state index contributed by atoms with van der Waals surface area (Å²) in [4.78, 5) is 25.3. The van der Waals surface area contributed by atoms with Gasteiger partial charge in [-0.15, -0.1) is 0 Å². The van der Waals surface area contributed by atoms with Crippen molar-refractivity contribution in [3.8, 4) is 5.75 Å². The van der Waals surface area contributed by atoms with Gasteiger partial charge in [0, 0.05) is 12.8 Å². The normalized spacial score (nSPS) is 10.8. The van der Waals surface area contributed by atoms with Crippen molar-refractivity contribution in [2.24, 2.45) is 0 Å². The van der Waals surface area contributed by atoms with Crippen LogP contribution < -0.4 is 10.1 Å². The molecule has 2 aromatic rings. The molecule has 7 heteroatoms. The number of carbonyl (C=O) groups is 2. The monoisotopic (exact) mass is 529 g/mol. The summed E-state index contributed by atoms with van der Waals surface area (Å²) >= 11 is 0. The number of nitrogens with one attached hydrogen (secondary N) is 1. The van der Waals surface area contributed by atoms with Crippen molar-refractivity contribution >= 4 is 17.6 Å². The highest BCUT2D eigenvalue weighted by Gasteiger charge is 2.18. The van der Waals surface area contributed by atoms with Gasteiger partial charge in [0.1, 0.15) is 18.9 Å². The van der Waals surface area contributed by atoms with E-state index in [0.717, 1.165) is 44.1 Å². The molecular formula is C31H49N2O5+. The lowest BCUT2D eigenvalue weighted by atomic mass is 10.1. The van der Waals surface area contributed by atoms with Crippen LogP contribution in [0.5, 0.6) is 5.75 Å². The Morgan fingerprint density at radius 3 is 2.05 bits per heavy atom. The van der Waals surface area contributed by atoms with Gasteiger partial charge in [-0.25, -0.2) is 4.79 Å². The van der Waals surface area contributed by atoms with Crippen molar-refractivity contribution < 1.29 is 28.7 Å². The molecule has 2 N–H and O–H groups in total. The highest BCUT2D eigenvalue weighted by Crippen LogP contribution is 2.21. The Morgan fingerprint density at radius 1 is 0.816 bits per heavy atom. The average Bonchev–Trinajstić information content (AvgIpc) is 2.96. The summed E-state index contributed by atoms with van der Waals surface area (Å²) < 4.78 is 12.2. The topological polar surface area (TPSA) is 84.9 Å². The number of hydrogen-bond donors (Lipinski definition) is 2. The second-order valence-corrected chi connectivity index (χ2v) is 9.61. The molecule has 212 valence electrons. The third-order valence-corrected chi connectivity index (χ3v) is 6.91. The second-order valence-electron chi connectivity index (χ2n) is 9.61. The number of benzene rings is 2. The number of aliphatic hydroxyl groups excluding tert-OH is 1. The third kappa shape index (κ3) is 12.1. The molecule has 0 saturated carbocycles. The van der Waals surface area contributed by atoms with E-state index < -0.39 is 0 Å². The summed E-state index contributed by atoms with van der Waals surface area (Å²) in [6.07, 6.45) is 8.50. The Kier molecular flexibility index (Phi) is 16.7. The molecule has 0 bridgehead atoms. The van der Waals surface area contributed by atoms with Crippen molar-refractivity contribution in [2.75, 3.05) is 52.3 Å². The fourth-order valence-electron chi connectivity index (χ4n) is 3.89. The minimum Gasteiger partial charge on any atom is -0.493 e. The Bertz CT molecular complexity index is 926. The molecule has 0 aromatic heterocycles. The predicted octanol–water partition coefficient (Wildman–Crippen LogP) is 6.32. The summed E-state index contributed by atoms with van der Waals surface area (Å²) in [6.45, 7) is 10.3. The molecule has 0 spiro atoms. The van der Waals surface area contributed by atoms with Gasteiger partial charge in [-0.1, -0.05) is 57.6 Å². The number of carbonyl (C=O) groups excluding carboxylic acids is 2. The summed E-state index contributed by atoms with van der Waals surface area (Å²) in [7, 11) is 3.16. The summed E-state index contributed by atoms with van der Waals surface area (Å²) in [5, 5.41) is 9.90. The zero-order valence-corrected chi connectivity index (χ0v) is 24.1. The van der Waals surface area contributed by atoms with Crippen molar-refractivity contribution in [2.45, 2.75) is 65.7 Å². The van der Waals surface area contributed by atoms with Gasteiger partial charge in [-0.05, 0) is 56.7 Å². The largest absolute Gasteiger partial charge is 0.493 e. The maximum atomic E-state index is 12.9. The predicted molar refractivity (Wildman–Crippen MR) is 155 cm³/mol. The zero-order valence-electron chi connectivity index (χ0n) is 24.1. The number of anilines is 1. The molecule has 2 rings (SSSR count). The number of hydrogen-bond acceptors (Lipinski definition) is 5. The first-order valence-corrected chi connectivity index (χ1v) is 14.0. The van der Waals surface area contributed by atoms with Crippen LogP contribution in [0.2, 0.25) is 0 Å². The van der Waals surface area contributed by atoms with Crippen LogP contribution in [0.25, 0.3) is 0 Å². The van der Waals surface area contributed by atoms with Gasteiger partial charge in [-0.2, -0.15) is 0 Å². The molecular weight excluding hydrogens is 480 g/mol. The lowest BCUT2D eigenvalue weighted by molar-refractivity contribution is -0.906. The minimum absolute atomic E-state index is 0.239. The van der Waals surface area contributed by atoms with Crippen LogP contribution in [0.15, 0.2) is 48.5 Å². The number of amides is 1. The number of ether oxygens (including phenoxy) is 2. The molecule has 0 saturated heterocycles. The lowest BCUT2D eigenvalue weighted by Crippen LogP contribution is -2.46.